The standard InChI is InChI=1S/C24H21BrN2O6/c1-31-20-11-10-18(25)12-19(20)23(28)27-26-13-17-4-3-5-21(32-2)22(17)33-14-15-6-8-16(9-7-15)24(29)30/h3-13H,14H2,1-2H3,(H,27,28)(H,29,30). The monoisotopic (exact) mass is 512 g/mol. The van der Waals surface area contributed by atoms with Crippen molar-refractivity contribution in [3.05, 3.63) is 87.4 Å². The Hall–Kier alpha value is -3.85. The van der Waals surface area contributed by atoms with Crippen LogP contribution in [-0.2, 0) is 6.61 Å². The third-order valence-corrected chi connectivity index (χ3v) is 5.08. The number of carbonyl (C=O) groups excluding carboxylic acids is 1. The van der Waals surface area contributed by atoms with Gasteiger partial charge in [-0.1, -0.05) is 34.1 Å². The molecule has 0 fully saturated rings. The van der Waals surface area contributed by atoms with Gasteiger partial charge in [-0.2, -0.15) is 5.10 Å². The van der Waals surface area contributed by atoms with Crippen LogP contribution in [-0.4, -0.2) is 37.4 Å². The zero-order valence-corrected chi connectivity index (χ0v) is 19.5. The number of hydrogen-bond donors (Lipinski definition) is 2. The first kappa shape index (κ1) is 23.8. The molecular formula is C24H21BrN2O6. The van der Waals surface area contributed by atoms with Crippen molar-refractivity contribution in [1.82, 2.24) is 5.43 Å². The van der Waals surface area contributed by atoms with Crippen molar-refractivity contribution < 1.29 is 28.9 Å². The van der Waals surface area contributed by atoms with E-state index in [1.54, 1.807) is 48.5 Å². The van der Waals surface area contributed by atoms with Crippen LogP contribution in [0.1, 0.15) is 31.8 Å². The van der Waals surface area contributed by atoms with Crippen LogP contribution in [0.5, 0.6) is 17.2 Å². The molecule has 0 aliphatic rings. The second-order valence-electron chi connectivity index (χ2n) is 6.71. The van der Waals surface area contributed by atoms with E-state index in [1.165, 1.54) is 32.6 Å². The zero-order chi connectivity index (χ0) is 23.8. The topological polar surface area (TPSA) is 106 Å². The van der Waals surface area contributed by atoms with Gasteiger partial charge >= 0.3 is 5.97 Å². The minimum absolute atomic E-state index is 0.183. The number of amides is 1. The van der Waals surface area contributed by atoms with E-state index < -0.39 is 11.9 Å². The molecule has 0 heterocycles. The van der Waals surface area contributed by atoms with Crippen molar-refractivity contribution in [2.45, 2.75) is 6.61 Å². The van der Waals surface area contributed by atoms with Crippen LogP contribution in [0.15, 0.2) is 70.2 Å². The van der Waals surface area contributed by atoms with E-state index in [0.29, 0.717) is 28.4 Å². The smallest absolute Gasteiger partial charge is 0.335 e. The fourth-order valence-electron chi connectivity index (χ4n) is 2.93. The van der Waals surface area contributed by atoms with E-state index in [1.807, 2.05) is 0 Å². The highest BCUT2D eigenvalue weighted by molar-refractivity contribution is 9.10. The number of ether oxygens (including phenoxy) is 3. The summed E-state index contributed by atoms with van der Waals surface area (Å²) in [6.07, 6.45) is 1.45. The Morgan fingerprint density at radius 3 is 2.42 bits per heavy atom. The van der Waals surface area contributed by atoms with Crippen molar-refractivity contribution in [2.75, 3.05) is 14.2 Å². The molecule has 0 bridgehead atoms. The average molecular weight is 513 g/mol. The maximum Gasteiger partial charge on any atom is 0.335 e. The Kier molecular flexibility index (Phi) is 8.04. The van der Waals surface area contributed by atoms with Gasteiger partial charge in [0, 0.05) is 10.0 Å². The summed E-state index contributed by atoms with van der Waals surface area (Å²) in [6, 6.07) is 16.7. The van der Waals surface area contributed by atoms with Gasteiger partial charge in [-0.15, -0.1) is 0 Å². The lowest BCUT2D eigenvalue weighted by Gasteiger charge is -2.13. The molecule has 0 aromatic heterocycles. The SMILES string of the molecule is COc1ccc(Br)cc1C(=O)NN=Cc1cccc(OC)c1OCc1ccc(C(=O)O)cc1. The lowest BCUT2D eigenvalue weighted by molar-refractivity contribution is 0.0696. The molecule has 3 aromatic rings. The molecule has 0 unspecified atom stereocenters. The average Bonchev–Trinajstić information content (AvgIpc) is 2.83. The van der Waals surface area contributed by atoms with Crippen LogP contribution in [0, 0.1) is 0 Å². The minimum Gasteiger partial charge on any atom is -0.496 e. The van der Waals surface area contributed by atoms with Crippen LogP contribution in [0.25, 0.3) is 0 Å². The molecule has 0 aliphatic carbocycles. The van der Waals surface area contributed by atoms with E-state index in [4.69, 9.17) is 19.3 Å². The molecular weight excluding hydrogens is 492 g/mol. The normalized spacial score (nSPS) is 10.6. The number of carboxylic acid groups (broad SMARTS) is 1. The number of benzene rings is 3. The van der Waals surface area contributed by atoms with Crippen LogP contribution in [0.4, 0.5) is 0 Å². The van der Waals surface area contributed by atoms with Gasteiger partial charge in [0.25, 0.3) is 5.91 Å². The Morgan fingerprint density at radius 2 is 1.76 bits per heavy atom. The van der Waals surface area contributed by atoms with Crippen LogP contribution in [0.3, 0.4) is 0 Å². The van der Waals surface area contributed by atoms with Crippen molar-refractivity contribution in [3.8, 4) is 17.2 Å². The number of para-hydroxylation sites is 1. The lowest BCUT2D eigenvalue weighted by Crippen LogP contribution is -2.18. The third kappa shape index (κ3) is 6.11. The largest absolute Gasteiger partial charge is 0.496 e. The second-order valence-corrected chi connectivity index (χ2v) is 7.63. The number of hydrogen-bond acceptors (Lipinski definition) is 6. The van der Waals surface area contributed by atoms with Crippen LogP contribution >= 0.6 is 15.9 Å². The number of carbonyl (C=O) groups is 2. The molecule has 0 spiro atoms. The molecule has 8 nitrogen and oxygen atoms in total. The highest BCUT2D eigenvalue weighted by Crippen LogP contribution is 2.31. The quantitative estimate of drug-likeness (QED) is 0.322. The van der Waals surface area contributed by atoms with Gasteiger partial charge in [0.05, 0.1) is 31.6 Å². The summed E-state index contributed by atoms with van der Waals surface area (Å²) in [6.45, 7) is 0.183. The number of methoxy groups -OCH3 is 2. The van der Waals surface area contributed by atoms with Gasteiger partial charge in [-0.05, 0) is 48.0 Å². The Morgan fingerprint density at radius 1 is 1.03 bits per heavy atom. The van der Waals surface area contributed by atoms with Gasteiger partial charge in [0.1, 0.15) is 12.4 Å². The molecule has 0 saturated heterocycles. The first-order chi connectivity index (χ1) is 15.9. The van der Waals surface area contributed by atoms with Gasteiger partial charge < -0.3 is 19.3 Å². The van der Waals surface area contributed by atoms with Crippen LogP contribution < -0.4 is 19.6 Å². The van der Waals surface area contributed by atoms with E-state index in [9.17, 15) is 9.59 Å². The summed E-state index contributed by atoms with van der Waals surface area (Å²) in [5.74, 6) is -0.0897. The predicted octanol–water partition coefficient (Wildman–Crippen LogP) is 4.51. The molecule has 9 heteroatoms. The maximum absolute atomic E-state index is 12.5. The number of nitrogens with one attached hydrogen (secondary N) is 1. The van der Waals surface area contributed by atoms with Crippen molar-refractivity contribution in [3.63, 3.8) is 0 Å². The molecule has 0 aliphatic heterocycles. The molecule has 0 atom stereocenters. The molecule has 170 valence electrons. The fourth-order valence-corrected chi connectivity index (χ4v) is 3.29. The molecule has 3 rings (SSSR count). The van der Waals surface area contributed by atoms with E-state index >= 15 is 0 Å². The summed E-state index contributed by atoms with van der Waals surface area (Å²) < 4.78 is 17.3. The fraction of sp³-hybridized carbons (Fsp3) is 0.125. The maximum atomic E-state index is 12.5. The van der Waals surface area contributed by atoms with Crippen molar-refractivity contribution in [2.24, 2.45) is 5.10 Å². The number of rotatable bonds is 9. The third-order valence-electron chi connectivity index (χ3n) is 4.59. The Labute approximate surface area is 198 Å². The highest BCUT2D eigenvalue weighted by Gasteiger charge is 2.13. The van der Waals surface area contributed by atoms with Gasteiger partial charge in [-0.25, -0.2) is 10.2 Å². The number of nitrogens with zero attached hydrogens (tertiary/aromatic N) is 1. The Bertz CT molecular complexity index is 1180. The second kappa shape index (κ2) is 11.1. The number of carboxylic acids is 1. The van der Waals surface area contributed by atoms with E-state index in [0.717, 1.165) is 10.0 Å². The van der Waals surface area contributed by atoms with Gasteiger partial charge in [-0.3, -0.25) is 4.79 Å². The Balaban J connectivity index is 1.75. The summed E-state index contributed by atoms with van der Waals surface area (Å²) >= 11 is 3.34. The predicted molar refractivity (Wildman–Crippen MR) is 126 cm³/mol. The summed E-state index contributed by atoms with van der Waals surface area (Å²) in [5, 5.41) is 13.1. The summed E-state index contributed by atoms with van der Waals surface area (Å²) in [4.78, 5) is 23.5. The van der Waals surface area contributed by atoms with Gasteiger partial charge in [0.2, 0.25) is 0 Å². The number of hydrazone groups is 1. The molecule has 0 radical (unpaired) electrons. The minimum atomic E-state index is -0.992. The van der Waals surface area contributed by atoms with Crippen molar-refractivity contribution in [1.29, 1.82) is 0 Å². The molecule has 0 saturated carbocycles. The lowest BCUT2D eigenvalue weighted by atomic mass is 10.1. The highest BCUT2D eigenvalue weighted by atomic mass is 79.9. The first-order valence-electron chi connectivity index (χ1n) is 9.72. The molecule has 2 N–H and O–H groups in total. The van der Waals surface area contributed by atoms with Crippen molar-refractivity contribution >= 4 is 34.0 Å². The molecule has 3 aromatic carbocycles. The zero-order valence-electron chi connectivity index (χ0n) is 17.9. The summed E-state index contributed by atoms with van der Waals surface area (Å²) in [5.41, 5.74) is 4.37. The molecule has 1 amide bonds. The first-order valence-corrected chi connectivity index (χ1v) is 10.5. The van der Waals surface area contributed by atoms with Crippen LogP contribution in [0.2, 0.25) is 0 Å². The van der Waals surface area contributed by atoms with E-state index in [2.05, 4.69) is 26.5 Å². The summed E-state index contributed by atoms with van der Waals surface area (Å²) in [7, 11) is 3.00. The molecule has 33 heavy (non-hydrogen) atoms. The van der Waals surface area contributed by atoms with E-state index in [-0.39, 0.29) is 12.2 Å². The number of aromatic carboxylic acids is 1. The number of halogens is 1. The van der Waals surface area contributed by atoms with Gasteiger partial charge in [0.15, 0.2) is 11.5 Å².